The number of aromatic carboxylic acids is 1. The van der Waals surface area contributed by atoms with E-state index in [2.05, 4.69) is 4.98 Å². The smallest absolute Gasteiger partial charge is 0.336 e. The number of aromatic nitrogens is 1. The number of fused-ring (bicyclic) bond motifs is 1. The van der Waals surface area contributed by atoms with Crippen molar-refractivity contribution in [3.8, 4) is 22.6 Å². The van der Waals surface area contributed by atoms with Gasteiger partial charge in [0, 0.05) is 16.5 Å². The third-order valence-corrected chi connectivity index (χ3v) is 4.72. The number of nitrogens with zero attached hydrogens (tertiary/aromatic N) is 1. The van der Waals surface area contributed by atoms with Crippen molar-refractivity contribution in [3.05, 3.63) is 77.6 Å². The molecule has 2 aromatic heterocycles. The Morgan fingerprint density at radius 2 is 1.79 bits per heavy atom. The minimum Gasteiger partial charge on any atom is -0.478 e. The monoisotopic (exact) mass is 371 g/mol. The quantitative estimate of drug-likeness (QED) is 0.486. The van der Waals surface area contributed by atoms with Crippen LogP contribution < -0.4 is 0 Å². The minimum absolute atomic E-state index is 0.237. The van der Waals surface area contributed by atoms with Gasteiger partial charge in [-0.2, -0.15) is 0 Å². The fourth-order valence-electron chi connectivity index (χ4n) is 3.19. The lowest BCUT2D eigenvalue weighted by Gasteiger charge is -2.09. The van der Waals surface area contributed by atoms with Crippen molar-refractivity contribution in [3.63, 3.8) is 0 Å². The maximum absolute atomic E-state index is 11.8. The summed E-state index contributed by atoms with van der Waals surface area (Å²) in [5.41, 5.74) is 4.17. The molecule has 0 radical (unpaired) electrons. The van der Waals surface area contributed by atoms with Gasteiger partial charge in [0.05, 0.1) is 16.8 Å². The minimum atomic E-state index is -0.976. The molecule has 28 heavy (non-hydrogen) atoms. The van der Waals surface area contributed by atoms with Gasteiger partial charge in [-0.25, -0.2) is 9.78 Å². The fraction of sp³-hybridized carbons (Fsp3) is 0.0870. The van der Waals surface area contributed by atoms with Crippen molar-refractivity contribution in [2.45, 2.75) is 13.3 Å². The molecule has 0 saturated carbocycles. The van der Waals surface area contributed by atoms with Crippen LogP contribution in [0, 0.1) is 0 Å². The van der Waals surface area contributed by atoms with Crippen LogP contribution in [0.25, 0.3) is 33.5 Å². The summed E-state index contributed by atoms with van der Waals surface area (Å²) in [6.45, 7) is 2.03. The van der Waals surface area contributed by atoms with E-state index in [1.54, 1.807) is 18.2 Å². The van der Waals surface area contributed by atoms with Gasteiger partial charge in [-0.3, -0.25) is 4.79 Å². The molecule has 0 bridgehead atoms. The van der Waals surface area contributed by atoms with Crippen LogP contribution >= 0.6 is 0 Å². The molecule has 4 aromatic rings. The molecule has 2 aromatic carbocycles. The van der Waals surface area contributed by atoms with E-state index in [1.165, 1.54) is 0 Å². The van der Waals surface area contributed by atoms with Crippen molar-refractivity contribution in [2.75, 3.05) is 0 Å². The van der Waals surface area contributed by atoms with E-state index in [-0.39, 0.29) is 11.3 Å². The Hall–Kier alpha value is -3.73. The first kappa shape index (κ1) is 17.7. The topological polar surface area (TPSA) is 80.4 Å². The van der Waals surface area contributed by atoms with Gasteiger partial charge in [-0.15, -0.1) is 0 Å². The molecular formula is C23H17NO4. The second-order valence-corrected chi connectivity index (χ2v) is 6.46. The summed E-state index contributed by atoms with van der Waals surface area (Å²) in [7, 11) is 0. The molecule has 0 atom stereocenters. The summed E-state index contributed by atoms with van der Waals surface area (Å²) in [4.78, 5) is 27.2. The summed E-state index contributed by atoms with van der Waals surface area (Å²) in [6.07, 6.45) is 1.49. The molecule has 0 saturated heterocycles. The zero-order valence-corrected chi connectivity index (χ0v) is 15.2. The molecule has 0 fully saturated rings. The summed E-state index contributed by atoms with van der Waals surface area (Å²) < 4.78 is 5.43. The summed E-state index contributed by atoms with van der Waals surface area (Å²) >= 11 is 0. The standard InChI is InChI=1S/C23H17NO4/c1-2-14-3-9-20-18(11-14)19(23(26)27)12-21(24-20)15-4-6-16(7-5-15)22-10-8-17(13-25)28-22/h3-13H,2H2,1H3,(H,26,27). The third-order valence-electron chi connectivity index (χ3n) is 4.72. The first-order valence-corrected chi connectivity index (χ1v) is 8.92. The van der Waals surface area contributed by atoms with Crippen molar-refractivity contribution in [2.24, 2.45) is 0 Å². The van der Waals surface area contributed by atoms with Crippen LogP contribution in [0.15, 0.2) is 65.1 Å². The molecule has 5 heteroatoms. The molecule has 0 aliphatic rings. The highest BCUT2D eigenvalue weighted by Crippen LogP contribution is 2.28. The van der Waals surface area contributed by atoms with E-state index >= 15 is 0 Å². The second kappa shape index (κ2) is 7.12. The highest BCUT2D eigenvalue weighted by atomic mass is 16.4. The normalized spacial score (nSPS) is 10.9. The zero-order valence-electron chi connectivity index (χ0n) is 15.2. The van der Waals surface area contributed by atoms with Crippen LogP contribution in [0.5, 0.6) is 0 Å². The van der Waals surface area contributed by atoms with E-state index in [1.807, 2.05) is 49.4 Å². The van der Waals surface area contributed by atoms with Gasteiger partial charge in [-0.1, -0.05) is 37.3 Å². The first-order valence-electron chi connectivity index (χ1n) is 8.92. The lowest BCUT2D eigenvalue weighted by Crippen LogP contribution is -2.01. The van der Waals surface area contributed by atoms with Crippen molar-refractivity contribution >= 4 is 23.2 Å². The predicted octanol–water partition coefficient (Wildman–Crippen LogP) is 5.23. The lowest BCUT2D eigenvalue weighted by molar-refractivity contribution is 0.0699. The van der Waals surface area contributed by atoms with Crippen molar-refractivity contribution in [1.82, 2.24) is 4.98 Å². The Kier molecular flexibility index (Phi) is 4.49. The average Bonchev–Trinajstić information content (AvgIpc) is 3.22. The van der Waals surface area contributed by atoms with Gasteiger partial charge >= 0.3 is 5.97 Å². The van der Waals surface area contributed by atoms with Crippen LogP contribution in [-0.2, 0) is 6.42 Å². The second-order valence-electron chi connectivity index (χ2n) is 6.46. The van der Waals surface area contributed by atoms with Crippen LogP contribution in [0.3, 0.4) is 0 Å². The fourth-order valence-corrected chi connectivity index (χ4v) is 3.19. The number of benzene rings is 2. The molecule has 1 N–H and O–H groups in total. The van der Waals surface area contributed by atoms with E-state index < -0.39 is 5.97 Å². The third kappa shape index (κ3) is 3.18. The molecule has 5 nitrogen and oxygen atoms in total. The number of carboxylic acid groups (broad SMARTS) is 1. The van der Waals surface area contributed by atoms with Crippen LogP contribution in [0.1, 0.15) is 33.4 Å². The van der Waals surface area contributed by atoms with Crippen LogP contribution in [-0.4, -0.2) is 22.3 Å². The number of aryl methyl sites for hydroxylation is 1. The Morgan fingerprint density at radius 1 is 1.04 bits per heavy atom. The number of hydrogen-bond acceptors (Lipinski definition) is 4. The molecule has 0 amide bonds. The molecule has 0 aliphatic carbocycles. The van der Waals surface area contributed by atoms with Gasteiger partial charge in [0.1, 0.15) is 5.76 Å². The van der Waals surface area contributed by atoms with Crippen LogP contribution in [0.2, 0.25) is 0 Å². The zero-order chi connectivity index (χ0) is 19.7. The molecule has 138 valence electrons. The largest absolute Gasteiger partial charge is 0.478 e. The van der Waals surface area contributed by atoms with Gasteiger partial charge in [0.25, 0.3) is 0 Å². The number of furan rings is 1. The van der Waals surface area contributed by atoms with Crippen molar-refractivity contribution in [1.29, 1.82) is 0 Å². The molecule has 0 spiro atoms. The van der Waals surface area contributed by atoms with E-state index in [0.29, 0.717) is 28.6 Å². The van der Waals surface area contributed by atoms with Gasteiger partial charge in [-0.05, 0) is 42.3 Å². The molecular weight excluding hydrogens is 354 g/mol. The molecule has 4 rings (SSSR count). The lowest BCUT2D eigenvalue weighted by atomic mass is 10.0. The van der Waals surface area contributed by atoms with Gasteiger partial charge in [0.15, 0.2) is 12.0 Å². The predicted molar refractivity (Wildman–Crippen MR) is 107 cm³/mol. The number of aldehydes is 1. The Morgan fingerprint density at radius 3 is 2.43 bits per heavy atom. The highest BCUT2D eigenvalue weighted by molar-refractivity contribution is 6.04. The Labute approximate surface area is 161 Å². The summed E-state index contributed by atoms with van der Waals surface area (Å²) in [6, 6.07) is 18.1. The Bertz CT molecular complexity index is 1190. The number of rotatable bonds is 5. The number of hydrogen-bond donors (Lipinski definition) is 1. The number of pyridine rings is 1. The number of carbonyl (C=O) groups is 2. The van der Waals surface area contributed by atoms with Crippen molar-refractivity contribution < 1.29 is 19.1 Å². The van der Waals surface area contributed by atoms with E-state index in [0.717, 1.165) is 23.1 Å². The summed E-state index contributed by atoms with van der Waals surface area (Å²) in [5, 5.41) is 10.3. The SMILES string of the molecule is CCc1ccc2nc(-c3ccc(-c4ccc(C=O)o4)cc3)cc(C(=O)O)c2c1. The molecule has 2 heterocycles. The van der Waals surface area contributed by atoms with Gasteiger partial charge in [0.2, 0.25) is 0 Å². The maximum atomic E-state index is 11.8. The molecule has 0 aliphatic heterocycles. The summed E-state index contributed by atoms with van der Waals surface area (Å²) in [5.74, 6) is -0.109. The number of carboxylic acids is 1. The average molecular weight is 371 g/mol. The maximum Gasteiger partial charge on any atom is 0.336 e. The van der Waals surface area contributed by atoms with E-state index in [4.69, 9.17) is 4.42 Å². The van der Waals surface area contributed by atoms with Gasteiger partial charge < -0.3 is 9.52 Å². The Balaban J connectivity index is 1.78. The number of carbonyl (C=O) groups excluding carboxylic acids is 1. The highest BCUT2D eigenvalue weighted by Gasteiger charge is 2.14. The molecule has 0 unspecified atom stereocenters. The first-order chi connectivity index (χ1) is 13.6. The van der Waals surface area contributed by atoms with Crippen LogP contribution in [0.4, 0.5) is 0 Å². The van der Waals surface area contributed by atoms with E-state index in [9.17, 15) is 14.7 Å².